The zero-order chi connectivity index (χ0) is 14.5. The summed E-state index contributed by atoms with van der Waals surface area (Å²) >= 11 is 0. The standard InChI is InChI=1S/C16H18N4O/c1-21-15-5-4-13-8-12(2-3-14(13)9-15)10-17-7-6-16-18-11-19-20-16/h2-5,8-9,11,17H,6-7,10H2,1H3,(H,18,19,20). The predicted molar refractivity (Wildman–Crippen MR) is 82.3 cm³/mol. The zero-order valence-corrected chi connectivity index (χ0v) is 12.0. The van der Waals surface area contributed by atoms with E-state index in [0.29, 0.717) is 0 Å². The molecule has 0 spiro atoms. The van der Waals surface area contributed by atoms with Gasteiger partial charge in [-0.3, -0.25) is 5.10 Å². The third kappa shape index (κ3) is 3.38. The Kier molecular flexibility index (Phi) is 4.12. The third-order valence-corrected chi connectivity index (χ3v) is 3.44. The topological polar surface area (TPSA) is 62.8 Å². The smallest absolute Gasteiger partial charge is 0.137 e. The van der Waals surface area contributed by atoms with E-state index in [-0.39, 0.29) is 0 Å². The highest BCUT2D eigenvalue weighted by atomic mass is 16.5. The molecule has 5 heteroatoms. The summed E-state index contributed by atoms with van der Waals surface area (Å²) in [7, 11) is 1.69. The van der Waals surface area contributed by atoms with Crippen LogP contribution in [-0.4, -0.2) is 28.8 Å². The Balaban J connectivity index is 1.59. The molecule has 0 fully saturated rings. The Labute approximate surface area is 123 Å². The van der Waals surface area contributed by atoms with Gasteiger partial charge in [-0.15, -0.1) is 0 Å². The van der Waals surface area contributed by atoms with E-state index in [4.69, 9.17) is 4.74 Å². The fourth-order valence-electron chi connectivity index (χ4n) is 2.30. The van der Waals surface area contributed by atoms with Crippen LogP contribution in [0.3, 0.4) is 0 Å². The van der Waals surface area contributed by atoms with Crippen LogP contribution < -0.4 is 10.1 Å². The molecule has 0 unspecified atom stereocenters. The number of methoxy groups -OCH3 is 1. The molecule has 0 atom stereocenters. The number of rotatable bonds is 6. The van der Waals surface area contributed by atoms with Crippen molar-refractivity contribution in [1.29, 1.82) is 0 Å². The molecule has 1 heterocycles. The van der Waals surface area contributed by atoms with Crippen LogP contribution in [0.4, 0.5) is 0 Å². The van der Waals surface area contributed by atoms with E-state index < -0.39 is 0 Å². The van der Waals surface area contributed by atoms with Crippen LogP contribution >= 0.6 is 0 Å². The highest BCUT2D eigenvalue weighted by Crippen LogP contribution is 2.21. The molecule has 108 valence electrons. The Morgan fingerprint density at radius 1 is 1.14 bits per heavy atom. The second kappa shape index (κ2) is 6.37. The van der Waals surface area contributed by atoms with Crippen molar-refractivity contribution in [1.82, 2.24) is 20.5 Å². The quantitative estimate of drug-likeness (QED) is 0.681. The van der Waals surface area contributed by atoms with E-state index in [1.165, 1.54) is 22.7 Å². The zero-order valence-electron chi connectivity index (χ0n) is 12.0. The number of fused-ring (bicyclic) bond motifs is 1. The van der Waals surface area contributed by atoms with E-state index in [0.717, 1.165) is 31.1 Å². The highest BCUT2D eigenvalue weighted by Gasteiger charge is 2.00. The van der Waals surface area contributed by atoms with Gasteiger partial charge in [-0.25, -0.2) is 4.98 Å². The average molecular weight is 282 g/mol. The van der Waals surface area contributed by atoms with E-state index in [2.05, 4.69) is 50.8 Å². The van der Waals surface area contributed by atoms with E-state index in [1.54, 1.807) is 7.11 Å². The summed E-state index contributed by atoms with van der Waals surface area (Å²) in [6.45, 7) is 1.71. The van der Waals surface area contributed by atoms with E-state index in [1.807, 2.05) is 6.07 Å². The van der Waals surface area contributed by atoms with Crippen LogP contribution in [0.2, 0.25) is 0 Å². The van der Waals surface area contributed by atoms with Gasteiger partial charge in [0.1, 0.15) is 17.9 Å². The summed E-state index contributed by atoms with van der Waals surface area (Å²) < 4.78 is 5.24. The summed E-state index contributed by atoms with van der Waals surface area (Å²) in [6, 6.07) is 12.6. The second-order valence-corrected chi connectivity index (χ2v) is 4.91. The van der Waals surface area contributed by atoms with Crippen LogP contribution in [0.15, 0.2) is 42.7 Å². The Morgan fingerprint density at radius 2 is 2.00 bits per heavy atom. The lowest BCUT2D eigenvalue weighted by atomic mass is 10.1. The molecule has 2 N–H and O–H groups in total. The van der Waals surface area contributed by atoms with Crippen molar-refractivity contribution in [3.05, 3.63) is 54.1 Å². The molecule has 3 aromatic rings. The minimum Gasteiger partial charge on any atom is -0.497 e. The van der Waals surface area contributed by atoms with Gasteiger partial charge in [0, 0.05) is 19.5 Å². The van der Waals surface area contributed by atoms with Crippen molar-refractivity contribution in [2.75, 3.05) is 13.7 Å². The van der Waals surface area contributed by atoms with Crippen molar-refractivity contribution in [2.24, 2.45) is 0 Å². The van der Waals surface area contributed by atoms with Crippen LogP contribution in [-0.2, 0) is 13.0 Å². The molecule has 3 rings (SSSR count). The monoisotopic (exact) mass is 282 g/mol. The SMILES string of the molecule is COc1ccc2cc(CNCCc3ncn[nH]3)ccc2c1. The lowest BCUT2D eigenvalue weighted by Crippen LogP contribution is -2.17. The molecule has 2 aromatic carbocycles. The van der Waals surface area contributed by atoms with Gasteiger partial charge >= 0.3 is 0 Å². The molecule has 5 nitrogen and oxygen atoms in total. The molecule has 0 amide bonds. The summed E-state index contributed by atoms with van der Waals surface area (Å²) in [5, 5.41) is 12.5. The maximum Gasteiger partial charge on any atom is 0.137 e. The first kappa shape index (κ1) is 13.6. The van der Waals surface area contributed by atoms with Gasteiger partial charge in [-0.05, 0) is 34.5 Å². The first-order valence-electron chi connectivity index (χ1n) is 6.97. The molecule has 1 aromatic heterocycles. The van der Waals surface area contributed by atoms with Crippen molar-refractivity contribution >= 4 is 10.8 Å². The van der Waals surface area contributed by atoms with Gasteiger partial charge < -0.3 is 10.1 Å². The second-order valence-electron chi connectivity index (χ2n) is 4.91. The van der Waals surface area contributed by atoms with Gasteiger partial charge in [0.05, 0.1) is 7.11 Å². The fraction of sp³-hybridized carbons (Fsp3) is 0.250. The predicted octanol–water partition coefficient (Wildman–Crippen LogP) is 2.30. The largest absolute Gasteiger partial charge is 0.497 e. The molecule has 0 aliphatic rings. The average Bonchev–Trinajstić information content (AvgIpc) is 3.04. The minimum atomic E-state index is 0.843. The van der Waals surface area contributed by atoms with Gasteiger partial charge in [-0.1, -0.05) is 18.2 Å². The number of aromatic nitrogens is 3. The number of ether oxygens (including phenoxy) is 1. The molecular weight excluding hydrogens is 264 g/mol. The molecule has 0 saturated heterocycles. The Morgan fingerprint density at radius 3 is 2.81 bits per heavy atom. The first-order valence-corrected chi connectivity index (χ1v) is 6.97. The maximum atomic E-state index is 5.24. The minimum absolute atomic E-state index is 0.843. The molecule has 0 radical (unpaired) electrons. The van der Waals surface area contributed by atoms with Gasteiger partial charge in [0.2, 0.25) is 0 Å². The summed E-state index contributed by atoms with van der Waals surface area (Å²) in [4.78, 5) is 4.10. The maximum absolute atomic E-state index is 5.24. The lowest BCUT2D eigenvalue weighted by molar-refractivity contribution is 0.415. The molecule has 0 aliphatic heterocycles. The molecule has 0 saturated carbocycles. The molecule has 0 bridgehead atoms. The number of benzene rings is 2. The van der Waals surface area contributed by atoms with Crippen LogP contribution in [0.1, 0.15) is 11.4 Å². The number of hydrogen-bond donors (Lipinski definition) is 2. The lowest BCUT2D eigenvalue weighted by Gasteiger charge is -2.07. The highest BCUT2D eigenvalue weighted by molar-refractivity contribution is 5.84. The van der Waals surface area contributed by atoms with E-state index >= 15 is 0 Å². The van der Waals surface area contributed by atoms with Crippen LogP contribution in [0, 0.1) is 0 Å². The van der Waals surface area contributed by atoms with E-state index in [9.17, 15) is 0 Å². The number of nitrogens with zero attached hydrogens (tertiary/aromatic N) is 2. The van der Waals surface area contributed by atoms with Crippen LogP contribution in [0.25, 0.3) is 10.8 Å². The molecule has 21 heavy (non-hydrogen) atoms. The molecule has 0 aliphatic carbocycles. The number of nitrogens with one attached hydrogen (secondary N) is 2. The Bertz CT molecular complexity index is 709. The van der Waals surface area contributed by atoms with Crippen molar-refractivity contribution < 1.29 is 4.74 Å². The third-order valence-electron chi connectivity index (χ3n) is 3.44. The normalized spacial score (nSPS) is 10.9. The van der Waals surface area contributed by atoms with Gasteiger partial charge in [0.25, 0.3) is 0 Å². The number of hydrogen-bond acceptors (Lipinski definition) is 4. The fourth-order valence-corrected chi connectivity index (χ4v) is 2.30. The van der Waals surface area contributed by atoms with Crippen molar-refractivity contribution in [3.63, 3.8) is 0 Å². The van der Waals surface area contributed by atoms with Crippen molar-refractivity contribution in [2.45, 2.75) is 13.0 Å². The van der Waals surface area contributed by atoms with Gasteiger partial charge in [-0.2, -0.15) is 5.10 Å². The summed E-state index contributed by atoms with van der Waals surface area (Å²) in [5.41, 5.74) is 1.27. The first-order chi connectivity index (χ1) is 10.3. The Hall–Kier alpha value is -2.40. The van der Waals surface area contributed by atoms with Gasteiger partial charge in [0.15, 0.2) is 0 Å². The molecular formula is C16H18N4O. The number of aromatic amines is 1. The number of H-pyrrole nitrogens is 1. The van der Waals surface area contributed by atoms with Crippen LogP contribution in [0.5, 0.6) is 5.75 Å². The van der Waals surface area contributed by atoms with Crippen molar-refractivity contribution in [3.8, 4) is 5.75 Å². The summed E-state index contributed by atoms with van der Waals surface area (Å²) in [6.07, 6.45) is 2.39. The summed E-state index contributed by atoms with van der Waals surface area (Å²) in [5.74, 6) is 1.80.